The van der Waals surface area contributed by atoms with Crippen molar-refractivity contribution in [2.24, 2.45) is 0 Å². The average molecular weight is 466 g/mol. The molecule has 0 aliphatic carbocycles. The summed E-state index contributed by atoms with van der Waals surface area (Å²) in [5.74, 6) is 1.74. The number of fused-ring (bicyclic) bond motifs is 1. The monoisotopic (exact) mass is 465 g/mol. The maximum absolute atomic E-state index is 13.3. The number of anilines is 1. The minimum atomic E-state index is -0.0350. The molecule has 4 rings (SSSR count). The molecule has 4 aromatic rings. The zero-order valence-corrected chi connectivity index (χ0v) is 19.7. The molecule has 2 heterocycles. The SMILES string of the molecule is COc1ccc(SCC(=O)N(Cc2ccccn2)c2nc3c(OC)ccc(C)c3s2)cc1. The van der Waals surface area contributed by atoms with Crippen LogP contribution in [-0.4, -0.2) is 35.8 Å². The van der Waals surface area contributed by atoms with E-state index in [1.807, 2.05) is 61.5 Å². The molecular formula is C24H23N3O3S2. The first-order valence-electron chi connectivity index (χ1n) is 10.0. The molecular weight excluding hydrogens is 442 g/mol. The van der Waals surface area contributed by atoms with E-state index in [9.17, 15) is 4.79 Å². The van der Waals surface area contributed by atoms with Crippen LogP contribution in [0.5, 0.6) is 11.5 Å². The van der Waals surface area contributed by atoms with Gasteiger partial charge in [0.2, 0.25) is 5.91 Å². The molecule has 0 aliphatic heterocycles. The van der Waals surface area contributed by atoms with Gasteiger partial charge in [-0.2, -0.15) is 0 Å². The van der Waals surface area contributed by atoms with Gasteiger partial charge in [-0.3, -0.25) is 14.7 Å². The smallest absolute Gasteiger partial charge is 0.239 e. The standard InChI is InChI=1S/C24H23N3O3S2/c1-16-7-12-20(30-3)22-23(16)32-24(26-22)27(14-17-6-4-5-13-25-17)21(28)15-31-19-10-8-18(29-2)9-11-19/h4-13H,14-15H2,1-3H3. The molecule has 0 saturated heterocycles. The van der Waals surface area contributed by atoms with E-state index < -0.39 is 0 Å². The molecule has 0 atom stereocenters. The predicted molar refractivity (Wildman–Crippen MR) is 130 cm³/mol. The topological polar surface area (TPSA) is 64.5 Å². The van der Waals surface area contributed by atoms with Crippen LogP contribution in [0.15, 0.2) is 65.7 Å². The van der Waals surface area contributed by atoms with Crippen molar-refractivity contribution in [2.75, 3.05) is 24.9 Å². The normalized spacial score (nSPS) is 10.8. The Morgan fingerprint density at radius 2 is 1.88 bits per heavy atom. The van der Waals surface area contributed by atoms with Crippen LogP contribution in [0.25, 0.3) is 10.2 Å². The Hall–Kier alpha value is -3.10. The number of carbonyl (C=O) groups excluding carboxylic acids is 1. The second-order valence-corrected chi connectivity index (χ2v) is 9.05. The maximum atomic E-state index is 13.3. The molecule has 1 amide bonds. The number of hydrogen-bond donors (Lipinski definition) is 0. The fraction of sp³-hybridized carbons (Fsp3) is 0.208. The summed E-state index contributed by atoms with van der Waals surface area (Å²) >= 11 is 2.98. The summed E-state index contributed by atoms with van der Waals surface area (Å²) in [6, 6.07) is 17.3. The number of nitrogens with zero attached hydrogens (tertiary/aromatic N) is 3. The Morgan fingerprint density at radius 3 is 2.56 bits per heavy atom. The van der Waals surface area contributed by atoms with Crippen LogP contribution in [0.3, 0.4) is 0 Å². The summed E-state index contributed by atoms with van der Waals surface area (Å²) in [6.07, 6.45) is 1.73. The van der Waals surface area contributed by atoms with Crippen LogP contribution in [-0.2, 0) is 11.3 Å². The van der Waals surface area contributed by atoms with Gasteiger partial charge in [-0.05, 0) is 55.0 Å². The highest BCUT2D eigenvalue weighted by Crippen LogP contribution is 2.37. The van der Waals surface area contributed by atoms with Crippen molar-refractivity contribution < 1.29 is 14.3 Å². The minimum absolute atomic E-state index is 0.0350. The van der Waals surface area contributed by atoms with E-state index >= 15 is 0 Å². The molecule has 6 nitrogen and oxygen atoms in total. The van der Waals surface area contributed by atoms with Gasteiger partial charge in [0.05, 0.1) is 36.9 Å². The number of thiazole rings is 1. The average Bonchev–Trinajstić information content (AvgIpc) is 3.28. The van der Waals surface area contributed by atoms with E-state index in [1.54, 1.807) is 25.3 Å². The molecule has 0 unspecified atom stereocenters. The number of rotatable bonds is 8. The number of amides is 1. The zero-order chi connectivity index (χ0) is 22.5. The highest BCUT2D eigenvalue weighted by molar-refractivity contribution is 8.00. The van der Waals surface area contributed by atoms with Crippen LogP contribution in [0, 0.1) is 6.92 Å². The summed E-state index contributed by atoms with van der Waals surface area (Å²) in [5, 5.41) is 0.638. The van der Waals surface area contributed by atoms with Gasteiger partial charge in [-0.15, -0.1) is 11.8 Å². The molecule has 0 radical (unpaired) electrons. The highest BCUT2D eigenvalue weighted by Gasteiger charge is 2.22. The summed E-state index contributed by atoms with van der Waals surface area (Å²) in [4.78, 5) is 25.2. The number of ether oxygens (including phenoxy) is 2. The van der Waals surface area contributed by atoms with Crippen LogP contribution in [0.1, 0.15) is 11.3 Å². The number of aryl methyl sites for hydroxylation is 1. The highest BCUT2D eigenvalue weighted by atomic mass is 32.2. The third-order valence-electron chi connectivity index (χ3n) is 4.91. The Labute approximate surface area is 195 Å². The number of aromatic nitrogens is 2. The molecule has 0 aliphatic rings. The number of carbonyl (C=O) groups is 1. The van der Waals surface area contributed by atoms with E-state index in [-0.39, 0.29) is 11.7 Å². The van der Waals surface area contributed by atoms with E-state index in [0.717, 1.165) is 32.1 Å². The van der Waals surface area contributed by atoms with Gasteiger partial charge in [0.15, 0.2) is 5.13 Å². The third kappa shape index (κ3) is 4.87. The molecule has 0 bridgehead atoms. The molecule has 2 aromatic carbocycles. The van der Waals surface area contributed by atoms with Crippen molar-refractivity contribution in [3.05, 3.63) is 72.1 Å². The summed E-state index contributed by atoms with van der Waals surface area (Å²) in [7, 11) is 3.27. The largest absolute Gasteiger partial charge is 0.497 e. The van der Waals surface area contributed by atoms with Crippen molar-refractivity contribution in [2.45, 2.75) is 18.4 Å². The van der Waals surface area contributed by atoms with Crippen LogP contribution >= 0.6 is 23.1 Å². The van der Waals surface area contributed by atoms with Gasteiger partial charge in [0.1, 0.15) is 17.0 Å². The van der Waals surface area contributed by atoms with Gasteiger partial charge >= 0.3 is 0 Å². The Kier molecular flexibility index (Phi) is 6.92. The van der Waals surface area contributed by atoms with Gasteiger partial charge in [-0.1, -0.05) is 23.5 Å². The summed E-state index contributed by atoms with van der Waals surface area (Å²) in [6.45, 7) is 2.39. The molecule has 8 heteroatoms. The first-order valence-corrected chi connectivity index (χ1v) is 11.8. The Balaban J connectivity index is 1.63. The predicted octanol–water partition coefficient (Wildman–Crippen LogP) is 5.34. The molecule has 0 N–H and O–H groups in total. The van der Waals surface area contributed by atoms with Gasteiger partial charge in [-0.25, -0.2) is 4.98 Å². The minimum Gasteiger partial charge on any atom is -0.497 e. The second-order valence-electron chi connectivity index (χ2n) is 7.02. The molecule has 0 fully saturated rings. The van der Waals surface area contributed by atoms with Crippen molar-refractivity contribution in [3.8, 4) is 11.5 Å². The van der Waals surface area contributed by atoms with Crippen molar-refractivity contribution >= 4 is 44.4 Å². The lowest BCUT2D eigenvalue weighted by molar-refractivity contribution is -0.116. The Morgan fingerprint density at radius 1 is 1.06 bits per heavy atom. The van der Waals surface area contributed by atoms with Gasteiger partial charge < -0.3 is 9.47 Å². The summed E-state index contributed by atoms with van der Waals surface area (Å²) in [5.41, 5.74) is 2.68. The van der Waals surface area contributed by atoms with Crippen LogP contribution in [0.2, 0.25) is 0 Å². The maximum Gasteiger partial charge on any atom is 0.239 e. The molecule has 32 heavy (non-hydrogen) atoms. The number of hydrogen-bond acceptors (Lipinski definition) is 7. The molecule has 0 saturated carbocycles. The Bertz CT molecular complexity index is 1210. The fourth-order valence-electron chi connectivity index (χ4n) is 3.19. The lowest BCUT2D eigenvalue weighted by atomic mass is 10.2. The first-order chi connectivity index (χ1) is 15.6. The number of thioether (sulfide) groups is 1. The number of pyridine rings is 1. The van der Waals surface area contributed by atoms with E-state index in [4.69, 9.17) is 14.5 Å². The van der Waals surface area contributed by atoms with Gasteiger partial charge in [0, 0.05) is 11.1 Å². The third-order valence-corrected chi connectivity index (χ3v) is 7.12. The van der Waals surface area contributed by atoms with Crippen molar-refractivity contribution in [1.82, 2.24) is 9.97 Å². The van der Waals surface area contributed by atoms with Crippen LogP contribution < -0.4 is 14.4 Å². The zero-order valence-electron chi connectivity index (χ0n) is 18.1. The van der Waals surface area contributed by atoms with Crippen molar-refractivity contribution in [1.29, 1.82) is 0 Å². The van der Waals surface area contributed by atoms with E-state index in [2.05, 4.69) is 4.98 Å². The molecule has 164 valence electrons. The molecule has 2 aromatic heterocycles. The van der Waals surface area contributed by atoms with Crippen LogP contribution in [0.4, 0.5) is 5.13 Å². The first kappa shape index (κ1) is 22.1. The van der Waals surface area contributed by atoms with E-state index in [1.165, 1.54) is 23.1 Å². The lowest BCUT2D eigenvalue weighted by Crippen LogP contribution is -2.32. The fourth-order valence-corrected chi connectivity index (χ4v) is 5.03. The molecule has 0 spiro atoms. The quantitative estimate of drug-likeness (QED) is 0.327. The summed E-state index contributed by atoms with van der Waals surface area (Å²) < 4.78 is 11.7. The lowest BCUT2D eigenvalue weighted by Gasteiger charge is -2.19. The number of benzene rings is 2. The van der Waals surface area contributed by atoms with E-state index in [0.29, 0.717) is 17.4 Å². The number of methoxy groups -OCH3 is 2. The second kappa shape index (κ2) is 10.0. The van der Waals surface area contributed by atoms with Gasteiger partial charge in [0.25, 0.3) is 0 Å². The van der Waals surface area contributed by atoms with Crippen molar-refractivity contribution in [3.63, 3.8) is 0 Å².